The lowest BCUT2D eigenvalue weighted by Gasteiger charge is -2.10. The van der Waals surface area contributed by atoms with E-state index in [1.807, 2.05) is 30.3 Å². The predicted molar refractivity (Wildman–Crippen MR) is 110 cm³/mol. The summed E-state index contributed by atoms with van der Waals surface area (Å²) < 4.78 is 5.64. The molecule has 0 saturated heterocycles. The van der Waals surface area contributed by atoms with Crippen molar-refractivity contribution in [1.82, 2.24) is 9.97 Å². The Labute approximate surface area is 160 Å². The molecule has 0 aliphatic rings. The Morgan fingerprint density at radius 2 is 1.78 bits per heavy atom. The van der Waals surface area contributed by atoms with E-state index in [-0.39, 0.29) is 0 Å². The Morgan fingerprint density at radius 3 is 2.44 bits per heavy atom. The van der Waals surface area contributed by atoms with Crippen molar-refractivity contribution in [3.8, 4) is 5.75 Å². The van der Waals surface area contributed by atoms with Crippen molar-refractivity contribution in [3.63, 3.8) is 0 Å². The molecule has 5 heteroatoms. The molecule has 3 aromatic rings. The van der Waals surface area contributed by atoms with Gasteiger partial charge in [0.1, 0.15) is 18.2 Å². The minimum atomic E-state index is 0.504. The maximum atomic E-state index is 6.12. The number of benzene rings is 2. The van der Waals surface area contributed by atoms with Crippen LogP contribution in [0.1, 0.15) is 36.5 Å². The molecular formula is C22H26N4O. The topological polar surface area (TPSA) is 73.1 Å². The summed E-state index contributed by atoms with van der Waals surface area (Å²) in [5, 5.41) is 3.14. The molecule has 0 aliphatic heterocycles. The van der Waals surface area contributed by atoms with E-state index in [9.17, 15) is 0 Å². The van der Waals surface area contributed by atoms with Gasteiger partial charge in [-0.25, -0.2) is 4.98 Å². The van der Waals surface area contributed by atoms with Gasteiger partial charge < -0.3 is 15.8 Å². The Morgan fingerprint density at radius 1 is 1.04 bits per heavy atom. The van der Waals surface area contributed by atoms with Crippen LogP contribution in [-0.4, -0.2) is 23.1 Å². The van der Waals surface area contributed by atoms with Crippen LogP contribution in [0.2, 0.25) is 0 Å². The zero-order valence-electron chi connectivity index (χ0n) is 15.9. The zero-order valence-corrected chi connectivity index (χ0v) is 15.9. The van der Waals surface area contributed by atoms with E-state index in [4.69, 9.17) is 10.5 Å². The van der Waals surface area contributed by atoms with Gasteiger partial charge in [0.25, 0.3) is 0 Å². The lowest BCUT2D eigenvalue weighted by Crippen LogP contribution is -2.14. The Balaban J connectivity index is 1.52. The molecule has 0 bridgehead atoms. The second kappa shape index (κ2) is 9.03. The Bertz CT molecular complexity index is 848. The van der Waals surface area contributed by atoms with Crippen molar-refractivity contribution < 1.29 is 4.74 Å². The number of nitrogen functional groups attached to an aromatic ring is 1. The summed E-state index contributed by atoms with van der Waals surface area (Å²) in [7, 11) is 0. The number of nitrogens with zero attached hydrogens (tertiary/aromatic N) is 2. The van der Waals surface area contributed by atoms with Crippen molar-refractivity contribution in [2.24, 2.45) is 0 Å². The van der Waals surface area contributed by atoms with Crippen molar-refractivity contribution in [2.75, 3.05) is 24.2 Å². The van der Waals surface area contributed by atoms with Crippen LogP contribution in [0.3, 0.4) is 0 Å². The smallest absolute Gasteiger partial charge is 0.224 e. The molecule has 0 aliphatic carbocycles. The second-order valence-electron chi connectivity index (χ2n) is 6.77. The molecule has 0 fully saturated rings. The molecule has 0 spiro atoms. The largest absolute Gasteiger partial charge is 0.492 e. The highest BCUT2D eigenvalue weighted by Gasteiger charge is 2.06. The van der Waals surface area contributed by atoms with Gasteiger partial charge in [-0.05, 0) is 29.2 Å². The molecular weight excluding hydrogens is 336 g/mol. The van der Waals surface area contributed by atoms with E-state index < -0.39 is 0 Å². The first kappa shape index (κ1) is 18.7. The van der Waals surface area contributed by atoms with E-state index in [0.29, 0.717) is 30.8 Å². The summed E-state index contributed by atoms with van der Waals surface area (Å²) in [6, 6.07) is 18.3. The molecule has 2 aromatic carbocycles. The van der Waals surface area contributed by atoms with Crippen LogP contribution in [0.4, 0.5) is 11.8 Å². The van der Waals surface area contributed by atoms with Crippen LogP contribution in [0, 0.1) is 0 Å². The standard InChI is InChI=1S/C22H26N4O/c1-16(2)18-10-8-17(9-11-18)14-19-15-25-22(26-21(19)23)24-12-13-27-20-6-4-3-5-7-20/h3-11,15-16H,12-14H2,1-2H3,(H3,23,24,25,26). The first-order chi connectivity index (χ1) is 13.1. The lowest BCUT2D eigenvalue weighted by molar-refractivity contribution is 0.332. The molecule has 0 amide bonds. The van der Waals surface area contributed by atoms with Crippen LogP contribution in [0.15, 0.2) is 60.8 Å². The number of anilines is 2. The van der Waals surface area contributed by atoms with E-state index in [1.165, 1.54) is 11.1 Å². The van der Waals surface area contributed by atoms with Crippen molar-refractivity contribution in [1.29, 1.82) is 0 Å². The van der Waals surface area contributed by atoms with Gasteiger partial charge in [-0.2, -0.15) is 4.98 Å². The predicted octanol–water partition coefficient (Wildman–Crippen LogP) is 4.26. The van der Waals surface area contributed by atoms with Gasteiger partial charge in [-0.15, -0.1) is 0 Å². The van der Waals surface area contributed by atoms with Crippen LogP contribution in [-0.2, 0) is 6.42 Å². The fraction of sp³-hybridized carbons (Fsp3) is 0.273. The number of nitrogens with two attached hydrogens (primary N) is 1. The maximum Gasteiger partial charge on any atom is 0.224 e. The summed E-state index contributed by atoms with van der Waals surface area (Å²) >= 11 is 0. The first-order valence-corrected chi connectivity index (χ1v) is 9.24. The SMILES string of the molecule is CC(C)c1ccc(Cc2cnc(NCCOc3ccccc3)nc2N)cc1. The average Bonchev–Trinajstić information content (AvgIpc) is 2.68. The van der Waals surface area contributed by atoms with Crippen molar-refractivity contribution >= 4 is 11.8 Å². The minimum Gasteiger partial charge on any atom is -0.492 e. The molecule has 0 radical (unpaired) electrons. The summed E-state index contributed by atoms with van der Waals surface area (Å²) in [5.74, 6) is 2.40. The van der Waals surface area contributed by atoms with Gasteiger partial charge in [-0.1, -0.05) is 56.3 Å². The van der Waals surface area contributed by atoms with E-state index in [0.717, 1.165) is 17.7 Å². The van der Waals surface area contributed by atoms with Crippen LogP contribution < -0.4 is 15.8 Å². The monoisotopic (exact) mass is 362 g/mol. The lowest BCUT2D eigenvalue weighted by atomic mass is 9.99. The maximum absolute atomic E-state index is 6.12. The molecule has 0 saturated carbocycles. The average molecular weight is 362 g/mol. The molecule has 1 heterocycles. The van der Waals surface area contributed by atoms with Gasteiger partial charge in [0.2, 0.25) is 5.95 Å². The summed E-state index contributed by atoms with van der Waals surface area (Å²) in [5.41, 5.74) is 9.58. The number of ether oxygens (including phenoxy) is 1. The van der Waals surface area contributed by atoms with Crippen LogP contribution in [0.5, 0.6) is 5.75 Å². The third-order valence-electron chi connectivity index (χ3n) is 4.34. The molecule has 0 unspecified atom stereocenters. The fourth-order valence-corrected chi connectivity index (χ4v) is 2.73. The van der Waals surface area contributed by atoms with Crippen molar-refractivity contribution in [3.05, 3.63) is 77.5 Å². The highest BCUT2D eigenvalue weighted by molar-refractivity contribution is 5.45. The molecule has 27 heavy (non-hydrogen) atoms. The van der Waals surface area contributed by atoms with Gasteiger partial charge in [0.15, 0.2) is 0 Å². The number of para-hydroxylation sites is 1. The second-order valence-corrected chi connectivity index (χ2v) is 6.77. The van der Waals surface area contributed by atoms with Gasteiger partial charge >= 0.3 is 0 Å². The molecule has 140 valence electrons. The molecule has 5 nitrogen and oxygen atoms in total. The molecule has 3 N–H and O–H groups in total. The van der Waals surface area contributed by atoms with Crippen molar-refractivity contribution in [2.45, 2.75) is 26.2 Å². The number of nitrogens with one attached hydrogen (secondary N) is 1. The first-order valence-electron chi connectivity index (χ1n) is 9.24. The number of hydrogen-bond acceptors (Lipinski definition) is 5. The Hall–Kier alpha value is -3.08. The third-order valence-corrected chi connectivity index (χ3v) is 4.34. The number of aromatic nitrogens is 2. The highest BCUT2D eigenvalue weighted by Crippen LogP contribution is 2.19. The quantitative estimate of drug-likeness (QED) is 0.586. The van der Waals surface area contributed by atoms with Gasteiger partial charge in [0.05, 0.1) is 6.54 Å². The summed E-state index contributed by atoms with van der Waals surface area (Å²) in [4.78, 5) is 8.73. The van der Waals surface area contributed by atoms with Crippen LogP contribution in [0.25, 0.3) is 0 Å². The van der Waals surface area contributed by atoms with Gasteiger partial charge in [-0.3, -0.25) is 0 Å². The normalized spacial score (nSPS) is 10.8. The molecule has 1 aromatic heterocycles. The van der Waals surface area contributed by atoms with Gasteiger partial charge in [0, 0.05) is 18.2 Å². The van der Waals surface area contributed by atoms with E-state index in [2.05, 4.69) is 53.4 Å². The van der Waals surface area contributed by atoms with E-state index >= 15 is 0 Å². The van der Waals surface area contributed by atoms with Crippen LogP contribution >= 0.6 is 0 Å². The third kappa shape index (κ3) is 5.45. The zero-order chi connectivity index (χ0) is 19.1. The summed E-state index contributed by atoms with van der Waals surface area (Å²) in [6.07, 6.45) is 2.51. The highest BCUT2D eigenvalue weighted by atomic mass is 16.5. The molecule has 3 rings (SSSR count). The number of rotatable bonds is 8. The molecule has 0 atom stereocenters. The summed E-state index contributed by atoms with van der Waals surface area (Å²) in [6.45, 7) is 5.51. The fourth-order valence-electron chi connectivity index (χ4n) is 2.73. The minimum absolute atomic E-state index is 0.504. The van der Waals surface area contributed by atoms with E-state index in [1.54, 1.807) is 6.20 Å². The number of hydrogen-bond donors (Lipinski definition) is 2. The Kier molecular flexibility index (Phi) is 6.26.